The van der Waals surface area contributed by atoms with Crippen molar-refractivity contribution in [1.29, 1.82) is 0 Å². The Hall–Kier alpha value is -1.40. The number of morpholine rings is 1. The summed E-state index contributed by atoms with van der Waals surface area (Å²) in [6, 6.07) is 1.92. The van der Waals surface area contributed by atoms with Crippen LogP contribution in [0, 0.1) is 5.92 Å². The van der Waals surface area contributed by atoms with Crippen LogP contribution in [0.2, 0.25) is 0 Å². The standard InChI is InChI=1S/C19H29N3O3/c23-18-8-4-7-14(18)17-12-25-10-9-22(17)19(24)16-11-15(20-21-16)13-5-2-1-3-6-13/h11,13-14,17-18,23H,1-10,12H2,(H,20,21)/t14-,17-,18+/m1/s1. The molecule has 3 atom stereocenters. The zero-order chi connectivity index (χ0) is 17.2. The van der Waals surface area contributed by atoms with Crippen molar-refractivity contribution >= 4 is 5.91 Å². The predicted octanol–water partition coefficient (Wildman–Crippen LogP) is 2.46. The Morgan fingerprint density at radius 2 is 2.04 bits per heavy atom. The number of carbonyl (C=O) groups excluding carboxylic acids is 1. The van der Waals surface area contributed by atoms with E-state index in [1.807, 2.05) is 11.0 Å². The second kappa shape index (κ2) is 7.46. The Morgan fingerprint density at radius 3 is 2.80 bits per heavy atom. The smallest absolute Gasteiger partial charge is 0.274 e. The average Bonchev–Trinajstić information content (AvgIpc) is 3.31. The van der Waals surface area contributed by atoms with Crippen LogP contribution in [0.5, 0.6) is 0 Å². The third-order valence-electron chi connectivity index (χ3n) is 6.31. The van der Waals surface area contributed by atoms with E-state index in [1.165, 1.54) is 32.1 Å². The number of carbonyl (C=O) groups is 1. The summed E-state index contributed by atoms with van der Waals surface area (Å²) in [6.45, 7) is 1.66. The number of H-pyrrole nitrogens is 1. The molecular weight excluding hydrogens is 318 g/mol. The predicted molar refractivity (Wildman–Crippen MR) is 93.4 cm³/mol. The van der Waals surface area contributed by atoms with Crippen LogP contribution in [-0.2, 0) is 4.74 Å². The lowest BCUT2D eigenvalue weighted by atomic mass is 9.87. The Balaban J connectivity index is 1.49. The molecule has 25 heavy (non-hydrogen) atoms. The number of ether oxygens (including phenoxy) is 1. The lowest BCUT2D eigenvalue weighted by Crippen LogP contribution is -2.53. The molecule has 0 aromatic carbocycles. The lowest BCUT2D eigenvalue weighted by molar-refractivity contribution is -0.0385. The summed E-state index contributed by atoms with van der Waals surface area (Å²) < 4.78 is 5.63. The summed E-state index contributed by atoms with van der Waals surface area (Å²) in [7, 11) is 0. The quantitative estimate of drug-likeness (QED) is 0.880. The highest BCUT2D eigenvalue weighted by atomic mass is 16.5. The van der Waals surface area contributed by atoms with E-state index in [-0.39, 0.29) is 24.0 Å². The highest BCUT2D eigenvalue weighted by Crippen LogP contribution is 2.34. The van der Waals surface area contributed by atoms with Crippen LogP contribution in [-0.4, -0.2) is 58.0 Å². The number of hydrogen-bond donors (Lipinski definition) is 2. The Bertz CT molecular complexity index is 596. The van der Waals surface area contributed by atoms with Gasteiger partial charge in [-0.2, -0.15) is 5.10 Å². The zero-order valence-electron chi connectivity index (χ0n) is 14.8. The van der Waals surface area contributed by atoms with E-state index in [0.717, 1.165) is 25.0 Å². The van der Waals surface area contributed by atoms with Crippen LogP contribution >= 0.6 is 0 Å². The number of nitrogens with one attached hydrogen (secondary N) is 1. The molecule has 1 aromatic heterocycles. The fourth-order valence-corrected chi connectivity index (χ4v) is 4.86. The molecule has 2 N–H and O–H groups in total. The molecule has 0 bridgehead atoms. The maximum Gasteiger partial charge on any atom is 0.274 e. The van der Waals surface area contributed by atoms with Gasteiger partial charge in [0, 0.05) is 24.1 Å². The summed E-state index contributed by atoms with van der Waals surface area (Å²) in [4.78, 5) is 15.0. The van der Waals surface area contributed by atoms with Crippen molar-refractivity contribution in [3.05, 3.63) is 17.5 Å². The van der Waals surface area contributed by atoms with Crippen molar-refractivity contribution in [2.45, 2.75) is 69.4 Å². The molecule has 2 heterocycles. The van der Waals surface area contributed by atoms with E-state index < -0.39 is 0 Å². The highest BCUT2D eigenvalue weighted by molar-refractivity contribution is 5.92. The Kier molecular flexibility index (Phi) is 5.08. The SMILES string of the molecule is O=C(c1cc(C2CCCCC2)[nH]n1)N1CCOC[C@@H]1[C@H]1CCC[C@@H]1O. The Morgan fingerprint density at radius 1 is 1.20 bits per heavy atom. The summed E-state index contributed by atoms with van der Waals surface area (Å²) in [6.07, 6.45) is 8.71. The summed E-state index contributed by atoms with van der Waals surface area (Å²) in [5, 5.41) is 17.7. The molecule has 3 fully saturated rings. The van der Waals surface area contributed by atoms with Crippen LogP contribution in [0.25, 0.3) is 0 Å². The molecule has 2 aliphatic carbocycles. The zero-order valence-corrected chi connectivity index (χ0v) is 14.8. The van der Waals surface area contributed by atoms with E-state index in [2.05, 4.69) is 10.2 Å². The van der Waals surface area contributed by atoms with Gasteiger partial charge in [-0.15, -0.1) is 0 Å². The Labute approximate surface area is 148 Å². The molecular formula is C19H29N3O3. The second-order valence-corrected chi connectivity index (χ2v) is 7.85. The number of aromatic amines is 1. The van der Waals surface area contributed by atoms with Crippen LogP contribution in [0.1, 0.15) is 73.5 Å². The van der Waals surface area contributed by atoms with Crippen LogP contribution in [0.4, 0.5) is 0 Å². The average molecular weight is 347 g/mol. The first kappa shape index (κ1) is 17.0. The van der Waals surface area contributed by atoms with Gasteiger partial charge in [0.2, 0.25) is 0 Å². The minimum absolute atomic E-state index is 0.0225. The molecule has 138 valence electrons. The topological polar surface area (TPSA) is 78.5 Å². The molecule has 1 amide bonds. The largest absolute Gasteiger partial charge is 0.393 e. The molecule has 4 rings (SSSR count). The number of aliphatic hydroxyl groups is 1. The maximum atomic E-state index is 13.1. The van der Waals surface area contributed by atoms with Gasteiger partial charge in [-0.1, -0.05) is 25.7 Å². The van der Waals surface area contributed by atoms with Crippen molar-refractivity contribution in [1.82, 2.24) is 15.1 Å². The highest BCUT2D eigenvalue weighted by Gasteiger charge is 2.40. The van der Waals surface area contributed by atoms with Crippen LogP contribution in [0.3, 0.4) is 0 Å². The number of aliphatic hydroxyl groups excluding tert-OH is 1. The molecule has 0 radical (unpaired) electrons. The van der Waals surface area contributed by atoms with Gasteiger partial charge in [-0.3, -0.25) is 9.89 Å². The van der Waals surface area contributed by atoms with Crippen molar-refractivity contribution in [3.8, 4) is 0 Å². The monoisotopic (exact) mass is 347 g/mol. The first-order valence-corrected chi connectivity index (χ1v) is 9.86. The van der Waals surface area contributed by atoms with Gasteiger partial charge in [0.15, 0.2) is 0 Å². The molecule has 1 saturated heterocycles. The second-order valence-electron chi connectivity index (χ2n) is 7.85. The minimum atomic E-state index is -0.320. The number of aromatic nitrogens is 2. The molecule has 3 aliphatic rings. The van der Waals surface area contributed by atoms with Gasteiger partial charge in [-0.25, -0.2) is 0 Å². The fraction of sp³-hybridized carbons (Fsp3) is 0.789. The molecule has 0 spiro atoms. The first-order chi connectivity index (χ1) is 12.2. The third kappa shape index (κ3) is 3.47. The van der Waals surface area contributed by atoms with Gasteiger partial charge in [0.1, 0.15) is 5.69 Å². The maximum absolute atomic E-state index is 13.1. The third-order valence-corrected chi connectivity index (χ3v) is 6.31. The number of nitrogens with zero attached hydrogens (tertiary/aromatic N) is 2. The molecule has 0 unspecified atom stereocenters. The summed E-state index contributed by atoms with van der Waals surface area (Å²) in [5.41, 5.74) is 1.62. The van der Waals surface area contributed by atoms with E-state index in [0.29, 0.717) is 31.4 Å². The molecule has 2 saturated carbocycles. The van der Waals surface area contributed by atoms with Crippen molar-refractivity contribution in [3.63, 3.8) is 0 Å². The van der Waals surface area contributed by atoms with Crippen molar-refractivity contribution in [2.24, 2.45) is 5.92 Å². The number of hydrogen-bond acceptors (Lipinski definition) is 4. The number of rotatable bonds is 3. The van der Waals surface area contributed by atoms with Crippen molar-refractivity contribution < 1.29 is 14.6 Å². The van der Waals surface area contributed by atoms with Crippen LogP contribution < -0.4 is 0 Å². The van der Waals surface area contributed by atoms with Gasteiger partial charge >= 0.3 is 0 Å². The van der Waals surface area contributed by atoms with Gasteiger partial charge < -0.3 is 14.7 Å². The van der Waals surface area contributed by atoms with Gasteiger partial charge in [-0.05, 0) is 31.7 Å². The van der Waals surface area contributed by atoms with E-state index in [1.54, 1.807) is 0 Å². The molecule has 6 heteroatoms. The minimum Gasteiger partial charge on any atom is -0.393 e. The summed E-state index contributed by atoms with van der Waals surface area (Å²) in [5.74, 6) is 0.617. The van der Waals surface area contributed by atoms with E-state index in [4.69, 9.17) is 4.74 Å². The van der Waals surface area contributed by atoms with Crippen molar-refractivity contribution in [2.75, 3.05) is 19.8 Å². The molecule has 1 aromatic rings. The van der Waals surface area contributed by atoms with Gasteiger partial charge in [0.05, 0.1) is 25.4 Å². The first-order valence-electron chi connectivity index (χ1n) is 9.86. The lowest BCUT2D eigenvalue weighted by Gasteiger charge is -2.39. The summed E-state index contributed by atoms with van der Waals surface area (Å²) >= 11 is 0. The number of amides is 1. The molecule has 1 aliphatic heterocycles. The van der Waals surface area contributed by atoms with Crippen LogP contribution in [0.15, 0.2) is 6.07 Å². The normalized spacial score (nSPS) is 31.4. The van der Waals surface area contributed by atoms with E-state index >= 15 is 0 Å². The van der Waals surface area contributed by atoms with Gasteiger partial charge in [0.25, 0.3) is 5.91 Å². The molecule has 6 nitrogen and oxygen atoms in total. The van der Waals surface area contributed by atoms with E-state index in [9.17, 15) is 9.90 Å². The fourth-order valence-electron chi connectivity index (χ4n) is 4.86.